The van der Waals surface area contributed by atoms with Crippen LogP contribution in [-0.2, 0) is 11.2 Å². The predicted octanol–water partition coefficient (Wildman–Crippen LogP) is 3.03. The van der Waals surface area contributed by atoms with Crippen LogP contribution in [-0.4, -0.2) is 22.7 Å². The molecule has 0 unspecified atom stereocenters. The molecule has 2 aromatic rings. The molecule has 0 fully saturated rings. The van der Waals surface area contributed by atoms with E-state index >= 15 is 0 Å². The van der Waals surface area contributed by atoms with Crippen LogP contribution < -0.4 is 10.1 Å². The van der Waals surface area contributed by atoms with Crippen LogP contribution in [0.25, 0.3) is 0 Å². The number of aryl methyl sites for hydroxylation is 1. The van der Waals surface area contributed by atoms with Gasteiger partial charge >= 0.3 is 0 Å². The zero-order valence-corrected chi connectivity index (χ0v) is 11.9. The number of hydrogen-bond acceptors (Lipinski definition) is 3. The predicted molar refractivity (Wildman–Crippen MR) is 78.2 cm³/mol. The number of amides is 1. The van der Waals surface area contributed by atoms with Crippen LogP contribution in [0.1, 0.15) is 18.9 Å². The molecule has 1 aromatic carbocycles. The lowest BCUT2D eigenvalue weighted by atomic mass is 10.2. The minimum absolute atomic E-state index is 0.119. The number of halogens is 1. The maximum Gasteiger partial charge on any atom is 0.228 e. The number of carbonyl (C=O) groups excluding carboxylic acids is 1. The molecule has 1 amide bonds. The summed E-state index contributed by atoms with van der Waals surface area (Å²) >= 11 is 5.84. The molecule has 20 heavy (non-hydrogen) atoms. The second kappa shape index (κ2) is 6.96. The molecule has 2 N–H and O–H groups in total. The number of nitrogens with zero attached hydrogens (tertiary/aromatic N) is 1. The van der Waals surface area contributed by atoms with Gasteiger partial charge in [0.25, 0.3) is 0 Å². The molecule has 6 heteroatoms. The van der Waals surface area contributed by atoms with Gasteiger partial charge in [0.05, 0.1) is 19.2 Å². The summed E-state index contributed by atoms with van der Waals surface area (Å²) in [6.07, 6.45) is 2.78. The van der Waals surface area contributed by atoms with Crippen molar-refractivity contribution in [3.8, 4) is 5.75 Å². The maximum absolute atomic E-state index is 11.8. The first kappa shape index (κ1) is 14.4. The number of anilines is 1. The number of ether oxygens (including phenoxy) is 1. The van der Waals surface area contributed by atoms with Gasteiger partial charge in [-0.1, -0.05) is 24.6 Å². The van der Waals surface area contributed by atoms with Gasteiger partial charge in [-0.25, -0.2) is 0 Å². The number of H-pyrrole nitrogens is 1. The summed E-state index contributed by atoms with van der Waals surface area (Å²) in [5, 5.41) is 10.0. The van der Waals surface area contributed by atoms with E-state index in [9.17, 15) is 4.79 Å². The third-order valence-electron chi connectivity index (χ3n) is 2.76. The Bertz CT molecular complexity index is 583. The fourth-order valence-electron chi connectivity index (χ4n) is 1.71. The van der Waals surface area contributed by atoms with Gasteiger partial charge in [0.1, 0.15) is 11.6 Å². The summed E-state index contributed by atoms with van der Waals surface area (Å²) < 4.78 is 5.46. The quantitative estimate of drug-likeness (QED) is 0.860. The molecule has 0 aliphatic rings. The molecule has 2 rings (SSSR count). The van der Waals surface area contributed by atoms with E-state index in [1.165, 1.54) is 0 Å². The van der Waals surface area contributed by atoms with E-state index in [4.69, 9.17) is 16.3 Å². The first-order valence-electron chi connectivity index (χ1n) is 6.39. The Balaban J connectivity index is 1.78. The van der Waals surface area contributed by atoms with E-state index in [0.29, 0.717) is 23.2 Å². The van der Waals surface area contributed by atoms with Gasteiger partial charge in [0.2, 0.25) is 5.91 Å². The SMILES string of the molecule is CCc1cn[nH]c1NC(=O)CCOc1cccc(Cl)c1. The highest BCUT2D eigenvalue weighted by Gasteiger charge is 2.08. The number of carbonyl (C=O) groups is 1. The number of aromatic nitrogens is 2. The van der Waals surface area contributed by atoms with Crippen molar-refractivity contribution in [2.75, 3.05) is 11.9 Å². The van der Waals surface area contributed by atoms with Crippen LogP contribution >= 0.6 is 11.6 Å². The molecule has 0 saturated heterocycles. The van der Waals surface area contributed by atoms with E-state index < -0.39 is 0 Å². The van der Waals surface area contributed by atoms with Gasteiger partial charge in [-0.3, -0.25) is 9.89 Å². The molecule has 0 atom stereocenters. The van der Waals surface area contributed by atoms with Crippen molar-refractivity contribution >= 4 is 23.3 Å². The highest BCUT2D eigenvalue weighted by molar-refractivity contribution is 6.30. The monoisotopic (exact) mass is 293 g/mol. The molecule has 0 saturated carbocycles. The standard InChI is InChI=1S/C14H16ClN3O2/c1-2-10-9-16-18-14(10)17-13(19)6-7-20-12-5-3-4-11(15)8-12/h3-5,8-9H,2,6-7H2,1H3,(H2,16,17,18,19). The summed E-state index contributed by atoms with van der Waals surface area (Å²) in [5.41, 5.74) is 0.981. The molecular formula is C14H16ClN3O2. The zero-order chi connectivity index (χ0) is 14.4. The van der Waals surface area contributed by atoms with Crippen molar-refractivity contribution in [3.05, 3.63) is 41.0 Å². The van der Waals surface area contributed by atoms with Crippen molar-refractivity contribution in [2.24, 2.45) is 0 Å². The van der Waals surface area contributed by atoms with Crippen LogP contribution in [0.3, 0.4) is 0 Å². The van der Waals surface area contributed by atoms with Crippen molar-refractivity contribution in [1.29, 1.82) is 0 Å². The van der Waals surface area contributed by atoms with Gasteiger partial charge in [0, 0.05) is 10.6 Å². The summed E-state index contributed by atoms with van der Waals surface area (Å²) in [7, 11) is 0. The lowest BCUT2D eigenvalue weighted by molar-refractivity contribution is -0.116. The van der Waals surface area contributed by atoms with E-state index in [1.54, 1.807) is 30.5 Å². The normalized spacial score (nSPS) is 10.3. The van der Waals surface area contributed by atoms with Crippen molar-refractivity contribution in [3.63, 3.8) is 0 Å². The van der Waals surface area contributed by atoms with Crippen LogP contribution in [0.2, 0.25) is 5.02 Å². The third kappa shape index (κ3) is 3.99. The maximum atomic E-state index is 11.8. The van der Waals surface area contributed by atoms with Crippen molar-refractivity contribution < 1.29 is 9.53 Å². The first-order valence-corrected chi connectivity index (χ1v) is 6.77. The Kier molecular flexibility index (Phi) is 5.01. The van der Waals surface area contributed by atoms with E-state index in [1.807, 2.05) is 6.92 Å². The van der Waals surface area contributed by atoms with Crippen molar-refractivity contribution in [1.82, 2.24) is 10.2 Å². The Morgan fingerprint density at radius 1 is 1.50 bits per heavy atom. The zero-order valence-electron chi connectivity index (χ0n) is 11.1. The van der Waals surface area contributed by atoms with Gasteiger partial charge < -0.3 is 10.1 Å². The summed E-state index contributed by atoms with van der Waals surface area (Å²) in [6.45, 7) is 2.30. The number of aromatic amines is 1. The smallest absolute Gasteiger partial charge is 0.228 e. The summed E-state index contributed by atoms with van der Waals surface area (Å²) in [5.74, 6) is 1.19. The van der Waals surface area contributed by atoms with Crippen molar-refractivity contribution in [2.45, 2.75) is 19.8 Å². The van der Waals surface area contributed by atoms with Crippen LogP contribution in [0.15, 0.2) is 30.5 Å². The van der Waals surface area contributed by atoms with Gasteiger partial charge in [-0.05, 0) is 24.6 Å². The number of benzene rings is 1. The topological polar surface area (TPSA) is 67.0 Å². The Morgan fingerprint density at radius 3 is 3.10 bits per heavy atom. The Hall–Kier alpha value is -2.01. The van der Waals surface area contributed by atoms with E-state index in [0.717, 1.165) is 12.0 Å². The van der Waals surface area contributed by atoms with Gasteiger partial charge in [-0.2, -0.15) is 5.10 Å². The highest BCUT2D eigenvalue weighted by atomic mass is 35.5. The van der Waals surface area contributed by atoms with Gasteiger partial charge in [0.15, 0.2) is 0 Å². The minimum Gasteiger partial charge on any atom is -0.493 e. The average molecular weight is 294 g/mol. The molecule has 0 radical (unpaired) electrons. The molecule has 0 spiro atoms. The first-order chi connectivity index (χ1) is 9.69. The Labute approximate surface area is 122 Å². The number of hydrogen-bond donors (Lipinski definition) is 2. The number of rotatable bonds is 6. The highest BCUT2D eigenvalue weighted by Crippen LogP contribution is 2.17. The van der Waals surface area contributed by atoms with Gasteiger partial charge in [-0.15, -0.1) is 0 Å². The van der Waals surface area contributed by atoms with Crippen LogP contribution in [0.4, 0.5) is 5.82 Å². The second-order valence-electron chi connectivity index (χ2n) is 4.23. The van der Waals surface area contributed by atoms with Crippen LogP contribution in [0.5, 0.6) is 5.75 Å². The molecule has 0 bridgehead atoms. The minimum atomic E-state index is -0.119. The molecule has 0 aliphatic carbocycles. The second-order valence-corrected chi connectivity index (χ2v) is 4.66. The third-order valence-corrected chi connectivity index (χ3v) is 2.99. The fraction of sp³-hybridized carbons (Fsp3) is 0.286. The molecule has 1 heterocycles. The summed E-state index contributed by atoms with van der Waals surface area (Å²) in [4.78, 5) is 11.8. The fourth-order valence-corrected chi connectivity index (χ4v) is 1.89. The Morgan fingerprint density at radius 2 is 2.35 bits per heavy atom. The van der Waals surface area contributed by atoms with E-state index in [-0.39, 0.29) is 12.3 Å². The largest absolute Gasteiger partial charge is 0.493 e. The average Bonchev–Trinajstić information content (AvgIpc) is 2.86. The molecule has 5 nitrogen and oxygen atoms in total. The summed E-state index contributed by atoms with van der Waals surface area (Å²) in [6, 6.07) is 7.08. The van der Waals surface area contributed by atoms with Crippen LogP contribution in [0, 0.1) is 0 Å². The molecule has 106 valence electrons. The van der Waals surface area contributed by atoms with E-state index in [2.05, 4.69) is 15.5 Å². The number of nitrogens with one attached hydrogen (secondary N) is 2. The lowest BCUT2D eigenvalue weighted by Crippen LogP contribution is -2.16. The lowest BCUT2D eigenvalue weighted by Gasteiger charge is -2.07. The molecule has 0 aliphatic heterocycles. The molecular weight excluding hydrogens is 278 g/mol. The molecule has 1 aromatic heterocycles.